The van der Waals surface area contributed by atoms with Crippen LogP contribution in [0.2, 0.25) is 0 Å². The van der Waals surface area contributed by atoms with E-state index in [2.05, 4.69) is 39.2 Å². The molecule has 0 spiro atoms. The Balaban J connectivity index is 1.33. The molecule has 0 bridgehead atoms. The smallest absolute Gasteiger partial charge is 0.272 e. The zero-order chi connectivity index (χ0) is 27.9. The topological polar surface area (TPSA) is 96.6 Å². The third-order valence-electron chi connectivity index (χ3n) is 6.13. The van der Waals surface area contributed by atoms with Crippen LogP contribution in [0.3, 0.4) is 0 Å². The van der Waals surface area contributed by atoms with Crippen molar-refractivity contribution >= 4 is 45.6 Å². The van der Waals surface area contributed by atoms with Crippen LogP contribution in [0, 0.1) is 14.9 Å². The van der Waals surface area contributed by atoms with Gasteiger partial charge in [-0.3, -0.25) is 4.79 Å². The minimum Gasteiger partial charge on any atom is -0.493 e. The Morgan fingerprint density at radius 1 is 1.02 bits per heavy atom. The molecule has 0 atom stereocenters. The number of fused-ring (bicyclic) bond motifs is 1. The van der Waals surface area contributed by atoms with Gasteiger partial charge < -0.3 is 9.47 Å². The summed E-state index contributed by atoms with van der Waals surface area (Å²) >= 11 is 2.18. The average Bonchev–Trinajstić information content (AvgIpc) is 3.00. The maximum Gasteiger partial charge on any atom is 0.272 e. The number of hydrogen-bond acceptors (Lipinski definition) is 6. The number of rotatable bonds is 8. The Hall–Kier alpha value is -4.75. The molecule has 1 aromatic heterocycles. The van der Waals surface area contributed by atoms with Gasteiger partial charge in [0.25, 0.3) is 5.91 Å². The number of para-hydroxylation sites is 1. The van der Waals surface area contributed by atoms with E-state index in [1.54, 1.807) is 37.6 Å². The van der Waals surface area contributed by atoms with E-state index in [-0.39, 0.29) is 5.91 Å². The second-order valence-corrected chi connectivity index (χ2v) is 9.93. The maximum atomic E-state index is 13.2. The number of ether oxygens (including phenoxy) is 2. The molecule has 0 aliphatic carbocycles. The first-order valence-corrected chi connectivity index (χ1v) is 13.4. The Morgan fingerprint density at radius 3 is 2.52 bits per heavy atom. The number of benzene rings is 4. The fourth-order valence-corrected chi connectivity index (χ4v) is 4.91. The molecule has 4 aromatic carbocycles. The molecule has 7 nitrogen and oxygen atoms in total. The Labute approximate surface area is 245 Å². The van der Waals surface area contributed by atoms with Crippen molar-refractivity contribution < 1.29 is 14.3 Å². The van der Waals surface area contributed by atoms with Crippen LogP contribution < -0.4 is 14.9 Å². The number of amides is 1. The summed E-state index contributed by atoms with van der Waals surface area (Å²) in [6, 6.07) is 32.1. The van der Waals surface area contributed by atoms with Gasteiger partial charge in [-0.25, -0.2) is 10.4 Å². The summed E-state index contributed by atoms with van der Waals surface area (Å²) in [7, 11) is 1.57. The summed E-state index contributed by atoms with van der Waals surface area (Å²) in [6.07, 6.45) is 1.56. The van der Waals surface area contributed by atoms with Crippen molar-refractivity contribution in [3.8, 4) is 28.8 Å². The van der Waals surface area contributed by atoms with E-state index in [0.29, 0.717) is 34.9 Å². The normalized spacial score (nSPS) is 10.8. The molecule has 5 aromatic rings. The van der Waals surface area contributed by atoms with Crippen molar-refractivity contribution in [2.75, 3.05) is 7.11 Å². The van der Waals surface area contributed by atoms with E-state index in [9.17, 15) is 4.79 Å². The van der Waals surface area contributed by atoms with Gasteiger partial charge in [0.15, 0.2) is 11.5 Å². The number of hydrazone groups is 1. The Bertz CT molecular complexity index is 1750. The van der Waals surface area contributed by atoms with Gasteiger partial charge in [0, 0.05) is 10.9 Å². The van der Waals surface area contributed by atoms with Crippen LogP contribution in [0.4, 0.5) is 0 Å². The maximum absolute atomic E-state index is 13.2. The summed E-state index contributed by atoms with van der Waals surface area (Å²) in [5.74, 6) is 0.808. The molecular weight excluding hydrogens is 615 g/mol. The first kappa shape index (κ1) is 26.8. The lowest BCUT2D eigenvalue weighted by Crippen LogP contribution is -2.18. The van der Waals surface area contributed by atoms with Crippen molar-refractivity contribution in [2.24, 2.45) is 5.10 Å². The monoisotopic (exact) mass is 638 g/mol. The van der Waals surface area contributed by atoms with Crippen molar-refractivity contribution in [3.05, 3.63) is 123 Å². The lowest BCUT2D eigenvalue weighted by molar-refractivity contribution is 0.0956. The molecule has 0 fully saturated rings. The lowest BCUT2D eigenvalue weighted by atomic mass is 10.0. The van der Waals surface area contributed by atoms with Crippen LogP contribution in [-0.2, 0) is 6.61 Å². The molecule has 0 radical (unpaired) electrons. The largest absolute Gasteiger partial charge is 0.493 e. The summed E-state index contributed by atoms with van der Waals surface area (Å²) in [5, 5.41) is 13.9. The number of aromatic nitrogens is 1. The number of nitrogens with one attached hydrogen (secondary N) is 1. The number of halogens is 1. The minimum absolute atomic E-state index is 0.326. The van der Waals surface area contributed by atoms with Gasteiger partial charge in [-0.2, -0.15) is 10.4 Å². The van der Waals surface area contributed by atoms with Crippen molar-refractivity contribution in [3.63, 3.8) is 0 Å². The molecule has 196 valence electrons. The number of methoxy groups -OCH3 is 1. The van der Waals surface area contributed by atoms with Crippen molar-refractivity contribution in [1.29, 1.82) is 5.26 Å². The van der Waals surface area contributed by atoms with Gasteiger partial charge in [-0.05, 0) is 70.1 Å². The minimum atomic E-state index is -0.337. The van der Waals surface area contributed by atoms with E-state index in [0.717, 1.165) is 31.2 Å². The molecule has 1 N–H and O–H groups in total. The highest BCUT2D eigenvalue weighted by molar-refractivity contribution is 14.1. The predicted molar refractivity (Wildman–Crippen MR) is 163 cm³/mol. The third-order valence-corrected chi connectivity index (χ3v) is 6.93. The molecule has 0 unspecified atom stereocenters. The highest BCUT2D eigenvalue weighted by Gasteiger charge is 2.14. The second kappa shape index (κ2) is 12.4. The Kier molecular flexibility index (Phi) is 8.32. The lowest BCUT2D eigenvalue weighted by Gasteiger charge is -2.13. The Morgan fingerprint density at radius 2 is 1.77 bits per heavy atom. The van der Waals surface area contributed by atoms with Gasteiger partial charge in [-0.15, -0.1) is 0 Å². The summed E-state index contributed by atoms with van der Waals surface area (Å²) in [6.45, 7) is 0.326. The van der Waals surface area contributed by atoms with Crippen LogP contribution in [0.15, 0.2) is 102 Å². The fourth-order valence-electron chi connectivity index (χ4n) is 4.13. The molecule has 40 heavy (non-hydrogen) atoms. The standard InChI is InChI=1S/C32H23IN4O3/c1-39-30-16-23(15-27(33)31(30)40-20-22-13-11-21(18-34)12-14-22)19-35-37-32(38)26-17-29(24-7-3-2-4-8-24)36-28-10-6-5-9-25(26)28/h2-17,19H,20H2,1H3,(H,37,38)/b35-19-. The van der Waals surface area contributed by atoms with Gasteiger partial charge in [0.05, 0.1) is 45.3 Å². The number of hydrogen-bond donors (Lipinski definition) is 1. The number of carbonyl (C=O) groups is 1. The number of carbonyl (C=O) groups excluding carboxylic acids is 1. The van der Waals surface area contributed by atoms with Crippen LogP contribution in [0.25, 0.3) is 22.2 Å². The van der Waals surface area contributed by atoms with Crippen molar-refractivity contribution in [2.45, 2.75) is 6.61 Å². The molecule has 0 aliphatic heterocycles. The highest BCUT2D eigenvalue weighted by Crippen LogP contribution is 2.34. The number of nitrogens with zero attached hydrogens (tertiary/aromatic N) is 3. The SMILES string of the molecule is COc1cc(/C=N\NC(=O)c2cc(-c3ccccc3)nc3ccccc23)cc(I)c1OCc1ccc(C#N)cc1. The van der Waals surface area contributed by atoms with E-state index >= 15 is 0 Å². The zero-order valence-corrected chi connectivity index (χ0v) is 23.6. The van der Waals surface area contributed by atoms with Crippen LogP contribution in [-0.4, -0.2) is 24.2 Å². The molecule has 1 amide bonds. The molecular formula is C32H23IN4O3. The van der Waals surface area contributed by atoms with Crippen LogP contribution in [0.1, 0.15) is 27.0 Å². The molecule has 0 saturated carbocycles. The molecule has 1 heterocycles. The van der Waals surface area contributed by atoms with Crippen LogP contribution in [0.5, 0.6) is 11.5 Å². The van der Waals surface area contributed by atoms with E-state index < -0.39 is 0 Å². The first-order valence-electron chi connectivity index (χ1n) is 12.3. The van der Waals surface area contributed by atoms with Crippen LogP contribution >= 0.6 is 22.6 Å². The van der Waals surface area contributed by atoms with E-state index in [4.69, 9.17) is 19.7 Å². The molecule has 0 saturated heterocycles. The van der Waals surface area contributed by atoms with E-state index in [1.165, 1.54) is 0 Å². The predicted octanol–water partition coefficient (Wildman–Crippen LogP) is 6.73. The number of pyridine rings is 1. The summed E-state index contributed by atoms with van der Waals surface area (Å²) < 4.78 is 12.4. The van der Waals surface area contributed by atoms with Gasteiger partial charge in [0.2, 0.25) is 0 Å². The van der Waals surface area contributed by atoms with Gasteiger partial charge in [-0.1, -0.05) is 60.7 Å². The van der Waals surface area contributed by atoms with Gasteiger partial charge in [0.1, 0.15) is 6.61 Å². The first-order chi connectivity index (χ1) is 19.6. The van der Waals surface area contributed by atoms with Crippen molar-refractivity contribution in [1.82, 2.24) is 10.4 Å². The third kappa shape index (κ3) is 6.11. The highest BCUT2D eigenvalue weighted by atomic mass is 127. The quantitative estimate of drug-likeness (QED) is 0.116. The van der Waals surface area contributed by atoms with E-state index in [1.807, 2.05) is 72.8 Å². The molecule has 5 rings (SSSR count). The average molecular weight is 638 g/mol. The fraction of sp³-hybridized carbons (Fsp3) is 0.0625. The molecule has 0 aliphatic rings. The summed E-state index contributed by atoms with van der Waals surface area (Å²) in [4.78, 5) is 18.0. The zero-order valence-electron chi connectivity index (χ0n) is 21.5. The molecule has 8 heteroatoms. The second-order valence-electron chi connectivity index (χ2n) is 8.77. The van der Waals surface area contributed by atoms with Gasteiger partial charge >= 0.3 is 0 Å². The number of nitriles is 1. The summed E-state index contributed by atoms with van der Waals surface area (Å²) in [5.41, 5.74) is 7.77.